The number of halogens is 2. The van der Waals surface area contributed by atoms with Crippen molar-refractivity contribution in [1.82, 2.24) is 19.4 Å². The Balaban J connectivity index is 1.40. The summed E-state index contributed by atoms with van der Waals surface area (Å²) in [6.07, 6.45) is 2.55. The topological polar surface area (TPSA) is 121 Å². The van der Waals surface area contributed by atoms with Crippen molar-refractivity contribution in [2.24, 2.45) is 5.92 Å². The number of carboxylic acids is 1. The van der Waals surface area contributed by atoms with Crippen LogP contribution in [0.4, 0.5) is 13.6 Å². The Labute approximate surface area is 318 Å². The summed E-state index contributed by atoms with van der Waals surface area (Å²) >= 11 is 0. The van der Waals surface area contributed by atoms with Crippen LogP contribution in [0.1, 0.15) is 76.6 Å². The van der Waals surface area contributed by atoms with Crippen LogP contribution in [0.3, 0.4) is 0 Å². The molecule has 2 bridgehead atoms. The predicted octanol–water partition coefficient (Wildman–Crippen LogP) is 8.59. The molecule has 1 aliphatic carbocycles. The molecule has 4 unspecified atom stereocenters. The maximum Gasteiger partial charge on any atom is 0.410 e. The molecule has 4 aliphatic rings. The monoisotopic (exact) mass is 749 g/mol. The van der Waals surface area contributed by atoms with E-state index in [2.05, 4.69) is 11.0 Å². The van der Waals surface area contributed by atoms with E-state index in [0.29, 0.717) is 58.1 Å². The molecule has 1 N–H and O–H groups in total. The van der Waals surface area contributed by atoms with Crippen molar-refractivity contribution in [2.45, 2.75) is 89.4 Å². The number of rotatable bonds is 9. The molecule has 3 saturated heterocycles. The largest absolute Gasteiger partial charge is 0.481 e. The molecular weight excluding hydrogens is 704 g/mol. The van der Waals surface area contributed by atoms with Crippen molar-refractivity contribution < 1.29 is 33.0 Å². The van der Waals surface area contributed by atoms with Crippen LogP contribution in [0.25, 0.3) is 43.7 Å². The fraction of sp³-hybridized carbons (Fsp3) is 0.442. The van der Waals surface area contributed by atoms with Crippen molar-refractivity contribution in [3.8, 4) is 23.1 Å². The molecule has 4 fully saturated rings. The number of hydrogen-bond acceptors (Lipinski definition) is 7. The molecule has 12 heteroatoms. The second kappa shape index (κ2) is 13.8. The van der Waals surface area contributed by atoms with Gasteiger partial charge in [-0.3, -0.25) is 4.79 Å². The number of benzene rings is 3. The highest BCUT2D eigenvalue weighted by molar-refractivity contribution is 6.10. The average molecular weight is 750 g/mol. The number of likely N-dealkylation sites (N-methyl/N-ethyl adjacent to an activating group) is 1. The number of pyridine rings is 1. The van der Waals surface area contributed by atoms with Crippen LogP contribution in [-0.4, -0.2) is 80.9 Å². The van der Waals surface area contributed by atoms with E-state index in [1.165, 1.54) is 12.1 Å². The zero-order valence-electron chi connectivity index (χ0n) is 31.7. The quantitative estimate of drug-likeness (QED) is 0.159. The van der Waals surface area contributed by atoms with Crippen LogP contribution < -0.4 is 4.74 Å². The summed E-state index contributed by atoms with van der Waals surface area (Å²) < 4.78 is 46.7. The summed E-state index contributed by atoms with van der Waals surface area (Å²) in [6, 6.07) is 15.2. The molecule has 2 aromatic heterocycles. The van der Waals surface area contributed by atoms with Gasteiger partial charge in [-0.05, 0) is 113 Å². The van der Waals surface area contributed by atoms with Crippen molar-refractivity contribution in [2.75, 3.05) is 26.7 Å². The van der Waals surface area contributed by atoms with Crippen LogP contribution in [0.2, 0.25) is 0 Å². The summed E-state index contributed by atoms with van der Waals surface area (Å²) in [5.41, 5.74) is 1.64. The second-order valence-electron chi connectivity index (χ2n) is 16.4. The van der Waals surface area contributed by atoms with Gasteiger partial charge in [0.25, 0.3) is 0 Å². The number of amides is 1. The molecule has 5 aromatic rings. The summed E-state index contributed by atoms with van der Waals surface area (Å²) in [7, 11) is 2.04. The maximum absolute atomic E-state index is 17.7. The Bertz CT molecular complexity index is 2420. The van der Waals surface area contributed by atoms with E-state index < -0.39 is 35.2 Å². The summed E-state index contributed by atoms with van der Waals surface area (Å²) in [5.74, 6) is -2.90. The minimum atomic E-state index is -1.03. The number of carbonyl (C=O) groups excluding carboxylic acids is 1. The van der Waals surface area contributed by atoms with Gasteiger partial charge >= 0.3 is 12.1 Å². The number of fused-ring (bicyclic) bond motifs is 5. The molecule has 5 atom stereocenters. The Hall–Kier alpha value is -5.28. The highest BCUT2D eigenvalue weighted by Gasteiger charge is 2.56. The van der Waals surface area contributed by atoms with Crippen molar-refractivity contribution in [3.05, 3.63) is 71.4 Å². The number of carbonyl (C=O) groups is 2. The van der Waals surface area contributed by atoms with Gasteiger partial charge in [0.2, 0.25) is 5.88 Å². The molecule has 9 rings (SSSR count). The number of nitriles is 1. The van der Waals surface area contributed by atoms with Crippen LogP contribution in [-0.2, 0) is 16.0 Å². The van der Waals surface area contributed by atoms with Gasteiger partial charge in [0.05, 0.1) is 35.0 Å². The molecule has 1 saturated carbocycles. The van der Waals surface area contributed by atoms with E-state index >= 15 is 4.39 Å². The van der Waals surface area contributed by atoms with Crippen LogP contribution in [0.15, 0.2) is 48.5 Å². The van der Waals surface area contributed by atoms with E-state index in [4.69, 9.17) is 14.5 Å². The van der Waals surface area contributed by atoms with Gasteiger partial charge in [0, 0.05) is 41.6 Å². The Kier molecular flexibility index (Phi) is 9.19. The Morgan fingerprint density at radius 1 is 1.11 bits per heavy atom. The van der Waals surface area contributed by atoms with E-state index in [-0.39, 0.29) is 53.8 Å². The molecule has 10 nitrogen and oxygen atoms in total. The first kappa shape index (κ1) is 36.7. The smallest absolute Gasteiger partial charge is 0.410 e. The lowest BCUT2D eigenvalue weighted by Gasteiger charge is -2.39. The van der Waals surface area contributed by atoms with Crippen molar-refractivity contribution >= 4 is 44.6 Å². The SMILES string of the molecule is CC(C(=O)O)c1cc2c(OC[C@@H]3CCCN3C)nc3c(F)c(-c4cccc5ccc(F)cc45)c(CCC#N)cc3c2n1C1C2CC1N(C(=O)OC(C)(C)C)C2. The van der Waals surface area contributed by atoms with Gasteiger partial charge in [-0.25, -0.2) is 18.6 Å². The zero-order valence-corrected chi connectivity index (χ0v) is 31.7. The molecule has 0 spiro atoms. The molecule has 55 heavy (non-hydrogen) atoms. The molecule has 1 amide bonds. The first-order chi connectivity index (χ1) is 26.3. The van der Waals surface area contributed by atoms with Gasteiger partial charge in [-0.15, -0.1) is 0 Å². The highest BCUT2D eigenvalue weighted by atomic mass is 19.1. The summed E-state index contributed by atoms with van der Waals surface area (Å²) in [6.45, 7) is 8.76. The number of aliphatic carboxylic acids is 1. The van der Waals surface area contributed by atoms with Crippen molar-refractivity contribution in [1.29, 1.82) is 5.26 Å². The minimum absolute atomic E-state index is 0.000319. The van der Waals surface area contributed by atoms with E-state index in [9.17, 15) is 24.3 Å². The number of hydrogen-bond donors (Lipinski definition) is 1. The molecular formula is C43H45F2N5O5. The number of ether oxygens (including phenoxy) is 2. The Morgan fingerprint density at radius 3 is 2.62 bits per heavy atom. The third-order valence-electron chi connectivity index (χ3n) is 11.8. The minimum Gasteiger partial charge on any atom is -0.481 e. The van der Waals surface area contributed by atoms with E-state index in [1.807, 2.05) is 44.5 Å². The van der Waals surface area contributed by atoms with Gasteiger partial charge in [0.1, 0.15) is 23.5 Å². The first-order valence-corrected chi connectivity index (χ1v) is 19.1. The number of nitrogens with zero attached hydrogens (tertiary/aromatic N) is 5. The third-order valence-corrected chi connectivity index (χ3v) is 11.8. The fourth-order valence-electron chi connectivity index (χ4n) is 9.03. The predicted molar refractivity (Wildman–Crippen MR) is 205 cm³/mol. The molecule has 5 heterocycles. The number of carboxylic acid groups (broad SMARTS) is 1. The van der Waals surface area contributed by atoms with E-state index in [0.717, 1.165) is 24.8 Å². The zero-order chi connectivity index (χ0) is 38.9. The van der Waals surface area contributed by atoms with Gasteiger partial charge < -0.3 is 28.9 Å². The lowest BCUT2D eigenvalue weighted by atomic mass is 9.79. The maximum atomic E-state index is 17.7. The fourth-order valence-corrected chi connectivity index (χ4v) is 9.03. The first-order valence-electron chi connectivity index (χ1n) is 19.1. The highest BCUT2D eigenvalue weighted by Crippen LogP contribution is 2.54. The number of aryl methyl sites for hydroxylation is 1. The molecule has 0 radical (unpaired) electrons. The summed E-state index contributed by atoms with van der Waals surface area (Å²) in [4.78, 5) is 35.0. The lowest BCUT2D eigenvalue weighted by molar-refractivity contribution is -0.138. The molecule has 3 aromatic carbocycles. The van der Waals surface area contributed by atoms with Crippen LogP contribution >= 0.6 is 0 Å². The summed E-state index contributed by atoms with van der Waals surface area (Å²) in [5, 5.41) is 22.4. The Morgan fingerprint density at radius 2 is 1.91 bits per heavy atom. The molecule has 3 aliphatic heterocycles. The van der Waals surface area contributed by atoms with Gasteiger partial charge in [-0.1, -0.05) is 24.3 Å². The lowest BCUT2D eigenvalue weighted by Crippen LogP contribution is -2.44. The van der Waals surface area contributed by atoms with E-state index in [1.54, 1.807) is 36.1 Å². The van der Waals surface area contributed by atoms with Crippen molar-refractivity contribution in [3.63, 3.8) is 0 Å². The second-order valence-corrected chi connectivity index (χ2v) is 16.4. The van der Waals surface area contributed by atoms with Crippen LogP contribution in [0, 0.1) is 28.9 Å². The standard InChI is InChI=1S/C43H45F2N5O5/c1-23(41(51)52)33-20-32-39(50(33)38-26-18-34(38)49(21-26)42(53)55-43(2,3)4)31-17-25(10-7-15-46)35(29-12-6-9-24-13-14-27(44)19-30(24)29)36(45)37(31)47-40(32)54-22-28-11-8-16-48(28)5/h6,9,12-14,17,19-20,23,26,28,34,38H,7-8,10-11,16,18,21-22H2,1-5H3,(H,51,52)/t23?,26?,28-,34?,38?/m0/s1. The van der Waals surface area contributed by atoms with Crippen LogP contribution in [0.5, 0.6) is 5.88 Å². The number of aromatic nitrogens is 2. The van der Waals surface area contributed by atoms with Gasteiger partial charge in [0.15, 0.2) is 5.82 Å². The third kappa shape index (κ3) is 6.32. The average Bonchev–Trinajstić information content (AvgIpc) is 3.92. The number of likely N-dealkylation sites (tertiary alicyclic amines) is 1. The molecule has 286 valence electrons. The van der Waals surface area contributed by atoms with Gasteiger partial charge in [-0.2, -0.15) is 5.26 Å². The normalized spacial score (nSPS) is 21.6.